The van der Waals surface area contributed by atoms with Crippen molar-refractivity contribution in [1.82, 2.24) is 0 Å². The maximum Gasteiger partial charge on any atom is 0.462 e. The molecular formula is C9H3F17O2. The molecule has 0 aliphatic rings. The van der Waals surface area contributed by atoms with Gasteiger partial charge in [-0.05, 0) is 0 Å². The molecular weight excluding hydrogens is 463 g/mol. The molecule has 0 fully saturated rings. The molecule has 0 aromatic rings. The highest BCUT2D eigenvalue weighted by Crippen LogP contribution is 2.54. The Morgan fingerprint density at radius 1 is 0.393 bits per heavy atom. The van der Waals surface area contributed by atoms with Crippen LogP contribution in [0.25, 0.3) is 0 Å². The molecule has 0 saturated heterocycles. The molecule has 0 N–H and O–H groups in total. The van der Waals surface area contributed by atoms with Crippen LogP contribution in [0.15, 0.2) is 0 Å². The van der Waals surface area contributed by atoms with Gasteiger partial charge in [0.15, 0.2) is 0 Å². The molecule has 0 aromatic heterocycles. The fraction of sp³-hybridized carbons (Fsp3) is 1.00. The van der Waals surface area contributed by atoms with E-state index < -0.39 is 55.3 Å². The average molecular weight is 466 g/mol. The second-order valence-electron chi connectivity index (χ2n) is 4.81. The van der Waals surface area contributed by atoms with Crippen molar-refractivity contribution in [3.05, 3.63) is 0 Å². The van der Waals surface area contributed by atoms with E-state index in [-0.39, 0.29) is 0 Å². The monoisotopic (exact) mass is 466 g/mol. The Hall–Kier alpha value is -1.27. The minimum Gasteiger partial charge on any atom is -0.243 e. The van der Waals surface area contributed by atoms with Crippen LogP contribution in [0, 0.1) is 0 Å². The maximum atomic E-state index is 12.8. The first-order valence-corrected chi connectivity index (χ1v) is 5.78. The van der Waals surface area contributed by atoms with E-state index in [1.165, 1.54) is 9.47 Å². The first-order valence-electron chi connectivity index (χ1n) is 5.78. The lowest BCUT2D eigenvalue weighted by molar-refractivity contribution is -0.553. The summed E-state index contributed by atoms with van der Waals surface area (Å²) in [4.78, 5) is 0. The second kappa shape index (κ2) is 6.63. The van der Waals surface area contributed by atoms with Gasteiger partial charge in [0.2, 0.25) is 0 Å². The van der Waals surface area contributed by atoms with Crippen molar-refractivity contribution in [2.45, 2.75) is 55.3 Å². The third kappa shape index (κ3) is 4.48. The van der Waals surface area contributed by atoms with Crippen molar-refractivity contribution in [3.8, 4) is 0 Å². The summed E-state index contributed by atoms with van der Waals surface area (Å²) in [5.41, 5.74) is 0. The summed E-state index contributed by atoms with van der Waals surface area (Å²) in [5, 5.41) is 0. The predicted molar refractivity (Wildman–Crippen MR) is 48.5 cm³/mol. The fourth-order valence-corrected chi connectivity index (χ4v) is 0.990. The van der Waals surface area contributed by atoms with Crippen LogP contribution in [0.5, 0.6) is 0 Å². The van der Waals surface area contributed by atoms with Crippen LogP contribution in [-0.4, -0.2) is 48.4 Å². The van der Waals surface area contributed by atoms with Gasteiger partial charge in [0.05, 0.1) is 0 Å². The van der Waals surface area contributed by atoms with Gasteiger partial charge in [-0.1, -0.05) is 0 Å². The van der Waals surface area contributed by atoms with Gasteiger partial charge in [-0.3, -0.25) is 0 Å². The lowest BCUT2D eigenvalue weighted by Crippen LogP contribution is -2.62. The molecule has 2 nitrogen and oxygen atoms in total. The van der Waals surface area contributed by atoms with E-state index in [9.17, 15) is 74.6 Å². The van der Waals surface area contributed by atoms with Gasteiger partial charge < -0.3 is 0 Å². The van der Waals surface area contributed by atoms with Gasteiger partial charge in [-0.25, -0.2) is 9.47 Å². The number of hydrogen-bond donors (Lipinski definition) is 0. The van der Waals surface area contributed by atoms with E-state index in [2.05, 4.69) is 0 Å². The molecule has 0 aromatic carbocycles. The highest BCUT2D eigenvalue weighted by Gasteiger charge is 2.81. The zero-order chi connectivity index (χ0) is 23.4. The lowest BCUT2D eigenvalue weighted by atomic mass is 10.2. The third-order valence-corrected chi connectivity index (χ3v) is 2.49. The molecule has 19 heteroatoms. The lowest BCUT2D eigenvalue weighted by Gasteiger charge is -2.36. The molecule has 28 heavy (non-hydrogen) atoms. The largest absolute Gasteiger partial charge is 0.462 e. The summed E-state index contributed by atoms with van der Waals surface area (Å²) in [6.07, 6.45) is -37.4. The molecule has 0 atom stereocenters. The van der Waals surface area contributed by atoms with Gasteiger partial charge >= 0.3 is 48.4 Å². The number of alkyl halides is 17. The number of halogens is 17. The molecule has 0 saturated carbocycles. The summed E-state index contributed by atoms with van der Waals surface area (Å²) in [7, 11) is 0. The maximum absolute atomic E-state index is 12.8. The van der Waals surface area contributed by atoms with E-state index in [0.717, 1.165) is 0 Å². The van der Waals surface area contributed by atoms with Crippen LogP contribution >= 0.6 is 0 Å². The van der Waals surface area contributed by atoms with Crippen molar-refractivity contribution in [2.24, 2.45) is 0 Å². The highest BCUT2D eigenvalue weighted by atomic mass is 19.4. The minimum atomic E-state index is -7.62. The smallest absolute Gasteiger partial charge is 0.243 e. The Balaban J connectivity index is 5.91. The quantitative estimate of drug-likeness (QED) is 0.417. The Kier molecular flexibility index (Phi) is 6.33. The van der Waals surface area contributed by atoms with E-state index in [4.69, 9.17) is 0 Å². The number of hydrogen-bond acceptors (Lipinski definition) is 2. The zero-order valence-electron chi connectivity index (χ0n) is 12.2. The SMILES string of the molecule is CC(F)(F)C(F)(F)C(F)(F)OC(F)(F)C(F)(F)OC(F)(F)C(F)(F)C(F)(F)F. The summed E-state index contributed by atoms with van der Waals surface area (Å²) < 4.78 is 214. The van der Waals surface area contributed by atoms with E-state index >= 15 is 0 Å². The zero-order valence-corrected chi connectivity index (χ0v) is 12.2. The van der Waals surface area contributed by atoms with Crippen LogP contribution in [-0.2, 0) is 9.47 Å². The van der Waals surface area contributed by atoms with E-state index in [0.29, 0.717) is 0 Å². The molecule has 0 amide bonds. The van der Waals surface area contributed by atoms with Gasteiger partial charge in [0.1, 0.15) is 0 Å². The molecule has 170 valence electrons. The Morgan fingerprint density at radius 3 is 0.857 bits per heavy atom. The van der Waals surface area contributed by atoms with Crippen LogP contribution in [0.4, 0.5) is 74.6 Å². The summed E-state index contributed by atoms with van der Waals surface area (Å²) in [6.45, 7) is -1.05. The number of rotatable bonds is 8. The van der Waals surface area contributed by atoms with Crippen LogP contribution in [0.2, 0.25) is 0 Å². The van der Waals surface area contributed by atoms with Crippen LogP contribution < -0.4 is 0 Å². The standard InChI is InChI=1S/C9H3F17O2/c1-2(10,11)3(12,13)6(19,20)27-8(23,24)9(25,26)28-7(21,22)4(14,15)5(16,17)18/h1H3. The first kappa shape index (κ1) is 26.7. The molecule has 0 unspecified atom stereocenters. The summed E-state index contributed by atoms with van der Waals surface area (Å²) in [5.74, 6) is -20.6. The molecule has 0 aliphatic heterocycles. The Labute approximate surface area is 141 Å². The minimum absolute atomic E-state index is 1.05. The normalized spacial score (nSPS) is 16.5. The Bertz CT molecular complexity index is 506. The first-order chi connectivity index (χ1) is 11.7. The topological polar surface area (TPSA) is 18.5 Å². The van der Waals surface area contributed by atoms with Crippen molar-refractivity contribution < 1.29 is 84.1 Å². The molecule has 0 spiro atoms. The molecule has 0 rings (SSSR count). The fourth-order valence-electron chi connectivity index (χ4n) is 0.990. The molecule has 0 radical (unpaired) electrons. The van der Waals surface area contributed by atoms with Gasteiger partial charge in [0, 0.05) is 6.92 Å². The predicted octanol–water partition coefficient (Wildman–Crippen LogP) is 5.88. The average Bonchev–Trinajstić information content (AvgIpc) is 2.32. The van der Waals surface area contributed by atoms with Gasteiger partial charge in [0.25, 0.3) is 0 Å². The highest BCUT2D eigenvalue weighted by molar-refractivity contribution is 4.91. The second-order valence-corrected chi connectivity index (χ2v) is 4.81. The summed E-state index contributed by atoms with van der Waals surface area (Å²) in [6, 6.07) is 0. The van der Waals surface area contributed by atoms with Crippen LogP contribution in [0.1, 0.15) is 6.92 Å². The molecule has 0 aliphatic carbocycles. The van der Waals surface area contributed by atoms with E-state index in [1.807, 2.05) is 0 Å². The van der Waals surface area contributed by atoms with Crippen LogP contribution in [0.3, 0.4) is 0 Å². The van der Waals surface area contributed by atoms with Gasteiger partial charge in [-0.15, -0.1) is 0 Å². The van der Waals surface area contributed by atoms with E-state index in [1.54, 1.807) is 0 Å². The molecule has 0 heterocycles. The third-order valence-electron chi connectivity index (χ3n) is 2.49. The van der Waals surface area contributed by atoms with Crippen molar-refractivity contribution in [3.63, 3.8) is 0 Å². The van der Waals surface area contributed by atoms with Crippen molar-refractivity contribution in [2.75, 3.05) is 0 Å². The number of ether oxygens (including phenoxy) is 2. The van der Waals surface area contributed by atoms with Crippen molar-refractivity contribution >= 4 is 0 Å². The molecule has 0 bridgehead atoms. The van der Waals surface area contributed by atoms with Gasteiger partial charge in [-0.2, -0.15) is 74.6 Å². The Morgan fingerprint density at radius 2 is 0.643 bits per heavy atom. The van der Waals surface area contributed by atoms with Crippen molar-refractivity contribution in [1.29, 1.82) is 0 Å². The summed E-state index contributed by atoms with van der Waals surface area (Å²) >= 11 is 0.